The van der Waals surface area contributed by atoms with Crippen LogP contribution in [0.5, 0.6) is 0 Å². The van der Waals surface area contributed by atoms with E-state index < -0.39 is 29.6 Å². The van der Waals surface area contributed by atoms with E-state index in [0.29, 0.717) is 0 Å². The zero-order valence-electron chi connectivity index (χ0n) is 9.03. The van der Waals surface area contributed by atoms with Gasteiger partial charge >= 0.3 is 12.1 Å². The molecule has 1 atom stereocenters. The van der Waals surface area contributed by atoms with Crippen molar-refractivity contribution in [3.8, 4) is 12.3 Å². The smallest absolute Gasteiger partial charge is 0.419 e. The van der Waals surface area contributed by atoms with Crippen molar-refractivity contribution in [1.29, 1.82) is 0 Å². The van der Waals surface area contributed by atoms with E-state index in [1.54, 1.807) is 0 Å². The van der Waals surface area contributed by atoms with Gasteiger partial charge in [-0.05, 0) is 12.1 Å². The summed E-state index contributed by atoms with van der Waals surface area (Å²) in [6.07, 6.45) is 1.22. The number of pyridine rings is 1. The maximum atomic E-state index is 12.6. The molecule has 18 heavy (non-hydrogen) atoms. The number of hydrogen-bond acceptors (Lipinski definition) is 3. The molecule has 0 saturated carbocycles. The lowest BCUT2D eigenvalue weighted by atomic mass is 10.2. The second-order valence-electron chi connectivity index (χ2n) is 3.34. The first-order chi connectivity index (χ1) is 8.36. The Morgan fingerprint density at radius 2 is 2.28 bits per heavy atom. The zero-order valence-corrected chi connectivity index (χ0v) is 9.03. The Kier molecular flexibility index (Phi) is 4.15. The van der Waals surface area contributed by atoms with Crippen molar-refractivity contribution in [2.75, 3.05) is 5.32 Å². The molecular formula is C11H9F3N2O2. The molecule has 0 saturated heterocycles. The van der Waals surface area contributed by atoms with Crippen molar-refractivity contribution in [3.05, 3.63) is 23.9 Å². The van der Waals surface area contributed by atoms with Crippen LogP contribution in [0.15, 0.2) is 18.3 Å². The minimum atomic E-state index is -4.62. The lowest BCUT2D eigenvalue weighted by Crippen LogP contribution is -2.30. The average Bonchev–Trinajstić information content (AvgIpc) is 2.27. The molecule has 0 amide bonds. The number of hydrogen-bond donors (Lipinski definition) is 2. The number of aromatic nitrogens is 1. The highest BCUT2D eigenvalue weighted by Crippen LogP contribution is 2.33. The summed E-state index contributed by atoms with van der Waals surface area (Å²) in [4.78, 5) is 14.3. The molecule has 7 heteroatoms. The number of halogens is 3. The number of aliphatic carboxylic acids is 1. The van der Waals surface area contributed by atoms with Gasteiger partial charge in [0, 0.05) is 12.6 Å². The molecule has 1 rings (SSSR count). The van der Waals surface area contributed by atoms with E-state index in [-0.39, 0.29) is 6.42 Å². The molecule has 96 valence electrons. The highest BCUT2D eigenvalue weighted by molar-refractivity contribution is 5.77. The van der Waals surface area contributed by atoms with Crippen molar-refractivity contribution in [2.45, 2.75) is 18.6 Å². The maximum Gasteiger partial charge on any atom is 0.419 e. The molecule has 0 aromatic carbocycles. The van der Waals surface area contributed by atoms with Crippen molar-refractivity contribution in [1.82, 2.24) is 4.98 Å². The summed E-state index contributed by atoms with van der Waals surface area (Å²) in [6, 6.07) is 0.612. The summed E-state index contributed by atoms with van der Waals surface area (Å²) in [5, 5.41) is 11.0. The van der Waals surface area contributed by atoms with Crippen LogP contribution in [-0.2, 0) is 11.0 Å². The van der Waals surface area contributed by atoms with Gasteiger partial charge in [0.2, 0.25) is 0 Å². The Balaban J connectivity index is 3.04. The second-order valence-corrected chi connectivity index (χ2v) is 3.34. The Labute approximate surface area is 101 Å². The molecule has 0 bridgehead atoms. The van der Waals surface area contributed by atoms with Crippen LogP contribution in [0, 0.1) is 12.3 Å². The summed E-state index contributed by atoms with van der Waals surface area (Å²) in [7, 11) is 0. The zero-order chi connectivity index (χ0) is 13.8. The first-order valence-corrected chi connectivity index (χ1v) is 4.81. The van der Waals surface area contributed by atoms with E-state index in [1.807, 2.05) is 0 Å². The third-order valence-electron chi connectivity index (χ3n) is 2.04. The van der Waals surface area contributed by atoms with Gasteiger partial charge in [-0.25, -0.2) is 9.78 Å². The molecule has 0 fully saturated rings. The number of terminal acetylenes is 1. The van der Waals surface area contributed by atoms with Crippen LogP contribution in [0.25, 0.3) is 0 Å². The number of carboxylic acid groups (broad SMARTS) is 1. The Hall–Kier alpha value is -2.23. The van der Waals surface area contributed by atoms with E-state index in [4.69, 9.17) is 11.5 Å². The number of rotatable bonds is 4. The van der Waals surface area contributed by atoms with Gasteiger partial charge in [0.25, 0.3) is 0 Å². The molecule has 1 aromatic heterocycles. The highest BCUT2D eigenvalue weighted by Gasteiger charge is 2.35. The summed E-state index contributed by atoms with van der Waals surface area (Å²) in [5.41, 5.74) is -1.03. The topological polar surface area (TPSA) is 62.2 Å². The molecule has 0 radical (unpaired) electrons. The standard InChI is InChI=1S/C11H9F3N2O2/c1-2-4-8(10(17)18)16-9-7(11(12,13)14)5-3-6-15-9/h1,3,5-6,8H,4H2,(H,15,16)(H,17,18). The SMILES string of the molecule is C#CCC(Nc1ncccc1C(F)(F)F)C(=O)O. The molecule has 0 aliphatic heterocycles. The van der Waals surface area contributed by atoms with E-state index in [1.165, 1.54) is 0 Å². The van der Waals surface area contributed by atoms with Crippen LogP contribution < -0.4 is 5.32 Å². The predicted octanol–water partition coefficient (Wildman–Crippen LogP) is 1.99. The Morgan fingerprint density at radius 1 is 1.61 bits per heavy atom. The molecule has 0 aliphatic rings. The molecule has 0 aliphatic carbocycles. The Morgan fingerprint density at radius 3 is 2.78 bits per heavy atom. The summed E-state index contributed by atoms with van der Waals surface area (Å²) in [5.74, 6) is 0.186. The van der Waals surface area contributed by atoms with Crippen molar-refractivity contribution < 1.29 is 23.1 Å². The first kappa shape index (κ1) is 13.8. The third kappa shape index (κ3) is 3.38. The van der Waals surface area contributed by atoms with Crippen LogP contribution in [0.3, 0.4) is 0 Å². The number of carboxylic acids is 1. The fourth-order valence-electron chi connectivity index (χ4n) is 1.23. The number of nitrogens with zero attached hydrogens (tertiary/aromatic N) is 1. The normalized spacial score (nSPS) is 12.6. The molecule has 1 aromatic rings. The molecule has 0 spiro atoms. The van der Waals surface area contributed by atoms with E-state index in [2.05, 4.69) is 16.2 Å². The van der Waals surface area contributed by atoms with E-state index in [9.17, 15) is 18.0 Å². The van der Waals surface area contributed by atoms with Gasteiger partial charge in [0.1, 0.15) is 11.9 Å². The summed E-state index contributed by atoms with van der Waals surface area (Å²) < 4.78 is 37.9. The third-order valence-corrected chi connectivity index (χ3v) is 2.04. The summed E-state index contributed by atoms with van der Waals surface area (Å²) >= 11 is 0. The minimum Gasteiger partial charge on any atom is -0.480 e. The van der Waals surface area contributed by atoms with Crippen molar-refractivity contribution >= 4 is 11.8 Å². The summed E-state index contributed by atoms with van der Waals surface area (Å²) in [6.45, 7) is 0. The number of anilines is 1. The number of nitrogens with one attached hydrogen (secondary N) is 1. The van der Waals surface area contributed by atoms with Gasteiger partial charge in [-0.15, -0.1) is 12.3 Å². The molecule has 1 heterocycles. The first-order valence-electron chi connectivity index (χ1n) is 4.81. The van der Waals surface area contributed by atoms with Crippen molar-refractivity contribution in [3.63, 3.8) is 0 Å². The van der Waals surface area contributed by atoms with Gasteiger partial charge in [0.15, 0.2) is 0 Å². The number of alkyl halides is 3. The molecule has 4 nitrogen and oxygen atoms in total. The van der Waals surface area contributed by atoms with Gasteiger partial charge in [-0.1, -0.05) is 0 Å². The molecular weight excluding hydrogens is 249 g/mol. The van der Waals surface area contributed by atoms with Crippen molar-refractivity contribution in [2.24, 2.45) is 0 Å². The van der Waals surface area contributed by atoms with E-state index >= 15 is 0 Å². The van der Waals surface area contributed by atoms with E-state index in [0.717, 1.165) is 18.3 Å². The van der Waals surface area contributed by atoms with Crippen LogP contribution in [0.1, 0.15) is 12.0 Å². The Bertz CT molecular complexity index is 480. The molecule has 2 N–H and O–H groups in total. The van der Waals surface area contributed by atoms with Gasteiger partial charge in [-0.3, -0.25) is 0 Å². The predicted molar refractivity (Wildman–Crippen MR) is 57.7 cm³/mol. The number of carbonyl (C=O) groups is 1. The van der Waals surface area contributed by atoms with Crippen LogP contribution in [0.2, 0.25) is 0 Å². The quantitative estimate of drug-likeness (QED) is 0.811. The van der Waals surface area contributed by atoms with Crippen LogP contribution in [0.4, 0.5) is 19.0 Å². The van der Waals surface area contributed by atoms with Gasteiger partial charge < -0.3 is 10.4 Å². The van der Waals surface area contributed by atoms with Gasteiger partial charge in [0.05, 0.1) is 5.56 Å². The average molecular weight is 258 g/mol. The highest BCUT2D eigenvalue weighted by atomic mass is 19.4. The monoisotopic (exact) mass is 258 g/mol. The largest absolute Gasteiger partial charge is 0.480 e. The minimum absolute atomic E-state index is 0.247. The lowest BCUT2D eigenvalue weighted by Gasteiger charge is -2.16. The molecule has 1 unspecified atom stereocenters. The second kappa shape index (κ2) is 5.40. The van der Waals surface area contributed by atoms with Crippen LogP contribution >= 0.6 is 0 Å². The fraction of sp³-hybridized carbons (Fsp3) is 0.273. The fourth-order valence-corrected chi connectivity index (χ4v) is 1.23. The lowest BCUT2D eigenvalue weighted by molar-refractivity contribution is -0.139. The van der Waals surface area contributed by atoms with Crippen LogP contribution in [-0.4, -0.2) is 22.1 Å². The van der Waals surface area contributed by atoms with Gasteiger partial charge in [-0.2, -0.15) is 13.2 Å². The maximum absolute atomic E-state index is 12.6.